The normalized spacial score (nSPS) is 11.3. The Morgan fingerprint density at radius 3 is 2.68 bits per heavy atom. The van der Waals surface area contributed by atoms with Crippen molar-refractivity contribution in [2.45, 2.75) is 18.5 Å². The number of nitrogens with zero attached hydrogens (tertiary/aromatic N) is 2. The molecule has 1 rings (SSSR count). The first-order valence-electron chi connectivity index (χ1n) is 5.81. The molecule has 0 amide bonds. The first-order chi connectivity index (χ1) is 8.60. The van der Waals surface area contributed by atoms with Gasteiger partial charge < -0.3 is 14.6 Å². The van der Waals surface area contributed by atoms with E-state index in [0.717, 1.165) is 0 Å². The van der Waals surface area contributed by atoms with Gasteiger partial charge in [0.2, 0.25) is 0 Å². The molecule has 0 saturated carbocycles. The van der Waals surface area contributed by atoms with Gasteiger partial charge in [0, 0.05) is 39.5 Å². The maximum absolute atomic E-state index is 11.8. The van der Waals surface area contributed by atoms with Gasteiger partial charge in [-0.15, -0.1) is 12.4 Å². The quantitative estimate of drug-likeness (QED) is 0.619. The lowest BCUT2D eigenvalue weighted by atomic mass is 10.6. The van der Waals surface area contributed by atoms with E-state index < -0.39 is 10.0 Å². The highest BCUT2D eigenvalue weighted by Crippen LogP contribution is 2.04. The highest BCUT2D eigenvalue weighted by molar-refractivity contribution is 7.89. The Bertz CT molecular complexity index is 449. The largest absolute Gasteiger partial charge is 0.383 e. The van der Waals surface area contributed by atoms with Crippen LogP contribution in [0.25, 0.3) is 0 Å². The van der Waals surface area contributed by atoms with E-state index >= 15 is 0 Å². The van der Waals surface area contributed by atoms with Crippen LogP contribution in [0.3, 0.4) is 0 Å². The highest BCUT2D eigenvalue weighted by atomic mass is 35.5. The number of sulfonamides is 1. The summed E-state index contributed by atoms with van der Waals surface area (Å²) in [4.78, 5) is 3.86. The van der Waals surface area contributed by atoms with E-state index in [-0.39, 0.29) is 17.4 Å². The maximum Gasteiger partial charge on any atom is 0.259 e. The zero-order valence-electron chi connectivity index (χ0n) is 11.1. The zero-order chi connectivity index (χ0) is 13.4. The van der Waals surface area contributed by atoms with Crippen LogP contribution in [0.1, 0.15) is 6.92 Å². The lowest BCUT2D eigenvalue weighted by molar-refractivity contribution is 0.199. The fourth-order valence-electron chi connectivity index (χ4n) is 1.30. The molecule has 9 heteroatoms. The molecule has 2 N–H and O–H groups in total. The van der Waals surface area contributed by atoms with Crippen LogP contribution in [0.5, 0.6) is 0 Å². The van der Waals surface area contributed by atoms with Crippen molar-refractivity contribution in [2.75, 3.05) is 33.4 Å². The Balaban J connectivity index is 0.00000324. The van der Waals surface area contributed by atoms with Crippen molar-refractivity contribution in [3.8, 4) is 0 Å². The molecule has 0 atom stereocenters. The minimum atomic E-state index is -3.50. The molecule has 1 aromatic rings. The summed E-state index contributed by atoms with van der Waals surface area (Å²) in [6, 6.07) is 0. The van der Waals surface area contributed by atoms with E-state index in [0.29, 0.717) is 32.8 Å². The van der Waals surface area contributed by atoms with Crippen molar-refractivity contribution in [3.05, 3.63) is 12.5 Å². The highest BCUT2D eigenvalue weighted by Gasteiger charge is 2.15. The van der Waals surface area contributed by atoms with Gasteiger partial charge in [0.05, 0.1) is 12.9 Å². The molecule has 0 bridgehead atoms. The second kappa shape index (κ2) is 9.27. The molecular formula is C10H21ClN4O3S. The number of hydrogen-bond acceptors (Lipinski definition) is 5. The van der Waals surface area contributed by atoms with Gasteiger partial charge in [0.25, 0.3) is 10.0 Å². The number of nitrogens with one attached hydrogen (secondary N) is 2. The maximum atomic E-state index is 11.8. The average Bonchev–Trinajstić information content (AvgIpc) is 2.83. The summed E-state index contributed by atoms with van der Waals surface area (Å²) in [5.41, 5.74) is 0. The van der Waals surface area contributed by atoms with Crippen molar-refractivity contribution >= 4 is 22.4 Å². The summed E-state index contributed by atoms with van der Waals surface area (Å²) >= 11 is 0. The molecule has 0 radical (unpaired) electrons. The molecule has 1 aromatic heterocycles. The summed E-state index contributed by atoms with van der Waals surface area (Å²) in [7, 11) is -1.88. The summed E-state index contributed by atoms with van der Waals surface area (Å²) in [6.45, 7) is 4.80. The van der Waals surface area contributed by atoms with Gasteiger partial charge in [-0.1, -0.05) is 0 Å². The Morgan fingerprint density at radius 1 is 1.37 bits per heavy atom. The summed E-state index contributed by atoms with van der Waals surface area (Å²) in [6.07, 6.45) is 3.02. The van der Waals surface area contributed by atoms with Gasteiger partial charge in [0.1, 0.15) is 0 Å². The van der Waals surface area contributed by atoms with E-state index in [2.05, 4.69) is 15.0 Å². The fourth-order valence-corrected chi connectivity index (χ4v) is 2.28. The molecular weight excluding hydrogens is 292 g/mol. The number of halogens is 1. The van der Waals surface area contributed by atoms with Crippen molar-refractivity contribution < 1.29 is 13.2 Å². The SMILES string of the molecule is CCn1cnc(S(=O)(=O)NCCNCCOC)c1.Cl. The van der Waals surface area contributed by atoms with Crippen LogP contribution in [0, 0.1) is 0 Å². The predicted octanol–water partition coefficient (Wildman–Crippen LogP) is -0.161. The number of imidazole rings is 1. The van der Waals surface area contributed by atoms with Crippen LogP contribution in [-0.4, -0.2) is 51.3 Å². The van der Waals surface area contributed by atoms with E-state index in [9.17, 15) is 8.42 Å². The monoisotopic (exact) mass is 312 g/mol. The van der Waals surface area contributed by atoms with Gasteiger partial charge in [0.15, 0.2) is 5.03 Å². The van der Waals surface area contributed by atoms with Gasteiger partial charge in [-0.05, 0) is 6.92 Å². The van der Waals surface area contributed by atoms with E-state index in [1.807, 2.05) is 6.92 Å². The van der Waals surface area contributed by atoms with Gasteiger partial charge in [-0.3, -0.25) is 0 Å². The summed E-state index contributed by atoms with van der Waals surface area (Å²) in [5, 5.41) is 3.11. The summed E-state index contributed by atoms with van der Waals surface area (Å²) < 4.78 is 32.7. The third-order valence-electron chi connectivity index (χ3n) is 2.33. The molecule has 0 aromatic carbocycles. The summed E-state index contributed by atoms with van der Waals surface area (Å²) in [5.74, 6) is 0. The van der Waals surface area contributed by atoms with Gasteiger partial charge in [-0.2, -0.15) is 0 Å². The number of methoxy groups -OCH3 is 1. The van der Waals surface area contributed by atoms with Gasteiger partial charge >= 0.3 is 0 Å². The lowest BCUT2D eigenvalue weighted by Gasteiger charge is -2.05. The fraction of sp³-hybridized carbons (Fsp3) is 0.700. The molecule has 0 saturated heterocycles. The number of aromatic nitrogens is 2. The molecule has 0 aliphatic rings. The van der Waals surface area contributed by atoms with Crippen LogP contribution in [0.15, 0.2) is 17.6 Å². The Morgan fingerprint density at radius 2 is 2.11 bits per heavy atom. The first-order valence-corrected chi connectivity index (χ1v) is 7.29. The second-order valence-corrected chi connectivity index (χ2v) is 5.40. The zero-order valence-corrected chi connectivity index (χ0v) is 12.8. The topological polar surface area (TPSA) is 85.2 Å². The molecule has 0 unspecified atom stereocenters. The number of ether oxygens (including phenoxy) is 1. The molecule has 112 valence electrons. The Kier molecular flexibility index (Phi) is 8.94. The van der Waals surface area contributed by atoms with Crippen molar-refractivity contribution in [1.29, 1.82) is 0 Å². The van der Waals surface area contributed by atoms with E-state index in [1.165, 1.54) is 12.5 Å². The Hall–Kier alpha value is -0.670. The number of rotatable bonds is 9. The number of hydrogen-bond donors (Lipinski definition) is 2. The second-order valence-electron chi connectivity index (χ2n) is 3.68. The minimum Gasteiger partial charge on any atom is -0.383 e. The molecule has 19 heavy (non-hydrogen) atoms. The average molecular weight is 313 g/mol. The van der Waals surface area contributed by atoms with Crippen molar-refractivity contribution in [1.82, 2.24) is 19.6 Å². The van der Waals surface area contributed by atoms with Crippen LogP contribution in [0.4, 0.5) is 0 Å². The first kappa shape index (κ1) is 18.3. The molecule has 1 heterocycles. The van der Waals surface area contributed by atoms with Crippen molar-refractivity contribution in [2.24, 2.45) is 0 Å². The molecule has 0 fully saturated rings. The molecule has 7 nitrogen and oxygen atoms in total. The van der Waals surface area contributed by atoms with Crippen LogP contribution in [-0.2, 0) is 21.3 Å². The standard InChI is InChI=1S/C10H20N4O3S.ClH/c1-3-14-8-10(12-9-14)18(15,16)13-5-4-11-6-7-17-2;/h8-9,11,13H,3-7H2,1-2H3;1H. The molecule has 0 spiro atoms. The predicted molar refractivity (Wildman–Crippen MR) is 75.1 cm³/mol. The Labute approximate surface area is 120 Å². The van der Waals surface area contributed by atoms with Crippen molar-refractivity contribution in [3.63, 3.8) is 0 Å². The molecule has 0 aliphatic heterocycles. The van der Waals surface area contributed by atoms with Gasteiger partial charge in [-0.25, -0.2) is 18.1 Å². The van der Waals surface area contributed by atoms with E-state index in [4.69, 9.17) is 4.74 Å². The minimum absolute atomic E-state index is 0. The molecule has 0 aliphatic carbocycles. The number of aryl methyl sites for hydroxylation is 1. The third-order valence-corrected chi connectivity index (χ3v) is 3.67. The van der Waals surface area contributed by atoms with Crippen LogP contribution >= 0.6 is 12.4 Å². The third kappa shape index (κ3) is 6.35. The lowest BCUT2D eigenvalue weighted by Crippen LogP contribution is -2.33. The smallest absolute Gasteiger partial charge is 0.259 e. The van der Waals surface area contributed by atoms with Crippen LogP contribution < -0.4 is 10.0 Å². The van der Waals surface area contributed by atoms with E-state index in [1.54, 1.807) is 11.7 Å². The van der Waals surface area contributed by atoms with Crippen LogP contribution in [0.2, 0.25) is 0 Å².